The number of rotatable bonds is 8. The number of oxazole rings is 1. The summed E-state index contributed by atoms with van der Waals surface area (Å²) in [6, 6.07) is 9.91. The van der Waals surface area contributed by atoms with Crippen molar-refractivity contribution in [2.45, 2.75) is 65.9 Å². The van der Waals surface area contributed by atoms with E-state index in [9.17, 15) is 9.90 Å². The van der Waals surface area contributed by atoms with Gasteiger partial charge in [-0.15, -0.1) is 0 Å². The molecule has 0 spiro atoms. The summed E-state index contributed by atoms with van der Waals surface area (Å²) in [5.74, 6) is 0.694. The number of aromatic nitrogens is 1. The molecule has 0 aliphatic heterocycles. The van der Waals surface area contributed by atoms with Crippen molar-refractivity contribution >= 4 is 5.97 Å². The lowest BCUT2D eigenvalue weighted by atomic mass is 9.83. The second kappa shape index (κ2) is 11.3. The van der Waals surface area contributed by atoms with Crippen molar-refractivity contribution in [1.82, 2.24) is 4.98 Å². The number of carboxylic acids is 1. The number of allylic oxidation sites excluding steroid dienone is 2. The minimum atomic E-state index is -0.680. The molecule has 4 rings (SSSR count). The SMILES string of the molecule is CC.CCC(C(=O)O)C1CCC2=CC(OCCc3oc(-c4ccccc4)nc3C)CC=C21. The largest absolute Gasteiger partial charge is 0.481 e. The van der Waals surface area contributed by atoms with E-state index in [1.54, 1.807) is 0 Å². The van der Waals surface area contributed by atoms with Gasteiger partial charge < -0.3 is 14.3 Å². The fourth-order valence-corrected chi connectivity index (χ4v) is 4.68. The molecule has 5 heteroatoms. The third-order valence-electron chi connectivity index (χ3n) is 6.27. The summed E-state index contributed by atoms with van der Waals surface area (Å²) in [7, 11) is 0. The number of hydrogen-bond donors (Lipinski definition) is 1. The standard InChI is InChI=1S/C25H29NO4.C2H6/c1-3-20(25(27)28)22-11-9-18-15-19(10-12-21(18)22)29-14-13-23-16(2)26-24(30-23)17-7-5-4-6-8-17;1-2/h4-8,12,15,19-20,22H,3,9-11,13-14H2,1-2H3,(H,27,28);1-2H3. The monoisotopic (exact) mass is 437 g/mol. The van der Waals surface area contributed by atoms with E-state index in [1.807, 2.05) is 58.0 Å². The van der Waals surface area contributed by atoms with Gasteiger partial charge in [0, 0.05) is 12.0 Å². The summed E-state index contributed by atoms with van der Waals surface area (Å²) in [5, 5.41) is 9.51. The molecule has 5 nitrogen and oxygen atoms in total. The third-order valence-corrected chi connectivity index (χ3v) is 6.27. The molecule has 0 amide bonds. The number of aryl methyl sites for hydroxylation is 1. The molecule has 1 saturated carbocycles. The van der Waals surface area contributed by atoms with Crippen LogP contribution in [0.25, 0.3) is 11.5 Å². The first-order valence-electron chi connectivity index (χ1n) is 11.8. The average molecular weight is 438 g/mol. The zero-order valence-electron chi connectivity index (χ0n) is 19.6. The fraction of sp³-hybridized carbons (Fsp3) is 0.481. The Morgan fingerprint density at radius 1 is 1.28 bits per heavy atom. The minimum absolute atomic E-state index is 0.0456. The maximum atomic E-state index is 11.6. The van der Waals surface area contributed by atoms with Crippen LogP contribution >= 0.6 is 0 Å². The van der Waals surface area contributed by atoms with Crippen LogP contribution < -0.4 is 0 Å². The topological polar surface area (TPSA) is 72.6 Å². The molecule has 32 heavy (non-hydrogen) atoms. The lowest BCUT2D eigenvalue weighted by Crippen LogP contribution is -2.23. The highest BCUT2D eigenvalue weighted by Gasteiger charge is 2.36. The highest BCUT2D eigenvalue weighted by molar-refractivity contribution is 5.71. The Balaban J connectivity index is 0.00000141. The Bertz CT molecular complexity index is 957. The second-order valence-corrected chi connectivity index (χ2v) is 8.14. The van der Waals surface area contributed by atoms with Crippen molar-refractivity contribution in [2.75, 3.05) is 6.61 Å². The first-order chi connectivity index (χ1) is 15.6. The molecule has 1 heterocycles. The number of hydrogen-bond acceptors (Lipinski definition) is 4. The molecule has 172 valence electrons. The number of ether oxygens (including phenoxy) is 1. The Labute approximate surface area is 191 Å². The molecular weight excluding hydrogens is 402 g/mol. The highest BCUT2D eigenvalue weighted by Crippen LogP contribution is 2.44. The molecule has 1 aromatic heterocycles. The molecule has 3 atom stereocenters. The zero-order valence-corrected chi connectivity index (χ0v) is 19.6. The number of carbonyl (C=O) groups is 1. The van der Waals surface area contributed by atoms with E-state index in [0.717, 1.165) is 36.3 Å². The maximum absolute atomic E-state index is 11.6. The number of fused-ring (bicyclic) bond motifs is 1. The first kappa shape index (κ1) is 24.0. The molecule has 0 radical (unpaired) electrons. The van der Waals surface area contributed by atoms with Crippen molar-refractivity contribution < 1.29 is 19.1 Å². The van der Waals surface area contributed by atoms with Crippen LogP contribution in [0.4, 0.5) is 0 Å². The normalized spacial score (nSPS) is 20.5. The molecule has 1 N–H and O–H groups in total. The second-order valence-electron chi connectivity index (χ2n) is 8.14. The quantitative estimate of drug-likeness (QED) is 0.519. The van der Waals surface area contributed by atoms with Gasteiger partial charge in [0.2, 0.25) is 5.89 Å². The van der Waals surface area contributed by atoms with Crippen molar-refractivity contribution in [1.29, 1.82) is 0 Å². The van der Waals surface area contributed by atoms with Crippen LogP contribution in [0.3, 0.4) is 0 Å². The predicted molar refractivity (Wildman–Crippen MR) is 126 cm³/mol. The minimum Gasteiger partial charge on any atom is -0.481 e. The Morgan fingerprint density at radius 2 is 2.03 bits per heavy atom. The van der Waals surface area contributed by atoms with E-state index in [0.29, 0.717) is 25.3 Å². The fourth-order valence-electron chi connectivity index (χ4n) is 4.68. The molecule has 0 bridgehead atoms. The summed E-state index contributed by atoms with van der Waals surface area (Å²) in [4.78, 5) is 16.1. The van der Waals surface area contributed by atoms with Gasteiger partial charge >= 0.3 is 5.97 Å². The number of carboxylic acid groups (broad SMARTS) is 1. The van der Waals surface area contributed by atoms with E-state index in [4.69, 9.17) is 9.15 Å². The number of nitrogens with zero attached hydrogens (tertiary/aromatic N) is 1. The van der Waals surface area contributed by atoms with Gasteiger partial charge in [-0.05, 0) is 61.8 Å². The molecule has 3 unspecified atom stereocenters. The van der Waals surface area contributed by atoms with Crippen LogP contribution in [0, 0.1) is 18.8 Å². The third kappa shape index (κ3) is 5.39. The van der Waals surface area contributed by atoms with Gasteiger partial charge in [0.15, 0.2) is 0 Å². The number of aliphatic carboxylic acids is 1. The maximum Gasteiger partial charge on any atom is 0.307 e. The van der Waals surface area contributed by atoms with Crippen LogP contribution in [0.15, 0.2) is 58.0 Å². The molecule has 0 saturated heterocycles. The Morgan fingerprint density at radius 3 is 2.72 bits per heavy atom. The van der Waals surface area contributed by atoms with E-state index >= 15 is 0 Å². The molecular formula is C27H35NO4. The van der Waals surface area contributed by atoms with Gasteiger partial charge in [-0.3, -0.25) is 4.79 Å². The van der Waals surface area contributed by atoms with Gasteiger partial charge in [-0.2, -0.15) is 0 Å². The van der Waals surface area contributed by atoms with Crippen LogP contribution in [-0.2, 0) is 16.0 Å². The summed E-state index contributed by atoms with van der Waals surface area (Å²) >= 11 is 0. The van der Waals surface area contributed by atoms with E-state index in [2.05, 4.69) is 17.1 Å². The van der Waals surface area contributed by atoms with Crippen molar-refractivity contribution in [2.24, 2.45) is 11.8 Å². The van der Waals surface area contributed by atoms with Crippen LogP contribution in [0.2, 0.25) is 0 Å². The van der Waals surface area contributed by atoms with Crippen molar-refractivity contribution in [3.05, 3.63) is 65.1 Å². The van der Waals surface area contributed by atoms with Crippen LogP contribution in [0.5, 0.6) is 0 Å². The van der Waals surface area contributed by atoms with Gasteiger partial charge in [-0.1, -0.05) is 51.1 Å². The molecule has 1 aromatic carbocycles. The van der Waals surface area contributed by atoms with Crippen LogP contribution in [0.1, 0.15) is 57.9 Å². The summed E-state index contributed by atoms with van der Waals surface area (Å²) in [5.41, 5.74) is 4.39. The summed E-state index contributed by atoms with van der Waals surface area (Å²) in [6.07, 6.45) is 8.48. The first-order valence-corrected chi connectivity index (χ1v) is 11.8. The van der Waals surface area contributed by atoms with E-state index < -0.39 is 5.97 Å². The average Bonchev–Trinajstić information content (AvgIpc) is 3.39. The summed E-state index contributed by atoms with van der Waals surface area (Å²) in [6.45, 7) is 8.50. The molecule has 1 fully saturated rings. The van der Waals surface area contributed by atoms with Crippen molar-refractivity contribution in [3.8, 4) is 11.5 Å². The van der Waals surface area contributed by atoms with E-state index in [1.165, 1.54) is 11.1 Å². The predicted octanol–water partition coefficient (Wildman–Crippen LogP) is 6.38. The number of benzene rings is 1. The summed E-state index contributed by atoms with van der Waals surface area (Å²) < 4.78 is 12.1. The van der Waals surface area contributed by atoms with Gasteiger partial charge in [0.1, 0.15) is 5.76 Å². The lowest BCUT2D eigenvalue weighted by Gasteiger charge is -2.24. The highest BCUT2D eigenvalue weighted by atomic mass is 16.5. The zero-order chi connectivity index (χ0) is 23.1. The van der Waals surface area contributed by atoms with Gasteiger partial charge in [0.25, 0.3) is 0 Å². The molecule has 2 aromatic rings. The van der Waals surface area contributed by atoms with E-state index in [-0.39, 0.29) is 17.9 Å². The smallest absolute Gasteiger partial charge is 0.307 e. The Kier molecular flexibility index (Phi) is 8.46. The van der Waals surface area contributed by atoms with Crippen LogP contribution in [-0.4, -0.2) is 28.8 Å². The molecule has 2 aliphatic rings. The lowest BCUT2D eigenvalue weighted by molar-refractivity contribution is -0.143. The molecule has 2 aliphatic carbocycles. The van der Waals surface area contributed by atoms with Gasteiger partial charge in [0.05, 0.1) is 24.3 Å². The van der Waals surface area contributed by atoms with Crippen molar-refractivity contribution in [3.63, 3.8) is 0 Å². The Hall–Kier alpha value is -2.66. The van der Waals surface area contributed by atoms with Gasteiger partial charge in [-0.25, -0.2) is 4.98 Å².